The summed E-state index contributed by atoms with van der Waals surface area (Å²) in [5.74, 6) is -0.984. The normalized spacial score (nSPS) is 13.3. The van der Waals surface area contributed by atoms with Crippen LogP contribution in [-0.4, -0.2) is 37.6 Å². The van der Waals surface area contributed by atoms with E-state index in [1.807, 2.05) is 12.1 Å². The van der Waals surface area contributed by atoms with Gasteiger partial charge in [-0.15, -0.1) is 0 Å². The van der Waals surface area contributed by atoms with E-state index in [2.05, 4.69) is 4.98 Å². The minimum atomic E-state index is -3.95. The maximum Gasteiger partial charge on any atom is 0.342 e. The second-order valence-corrected chi connectivity index (χ2v) is 8.78. The first-order valence-corrected chi connectivity index (χ1v) is 11.0. The number of nitrogens with zero attached hydrogens (tertiary/aromatic N) is 3. The van der Waals surface area contributed by atoms with E-state index in [1.165, 1.54) is 23.5 Å². The molecule has 0 atom stereocenters. The van der Waals surface area contributed by atoms with Crippen LogP contribution in [-0.2, 0) is 27.8 Å². The molecule has 0 aliphatic carbocycles. The second-order valence-electron chi connectivity index (χ2n) is 6.92. The van der Waals surface area contributed by atoms with Crippen molar-refractivity contribution in [2.75, 3.05) is 18.0 Å². The van der Waals surface area contributed by atoms with E-state index >= 15 is 0 Å². The molecule has 0 bridgehead atoms. The number of halogens is 2. The van der Waals surface area contributed by atoms with Crippen molar-refractivity contribution in [1.29, 1.82) is 0 Å². The molecule has 3 aromatic rings. The second kappa shape index (κ2) is 8.58. The van der Waals surface area contributed by atoms with Gasteiger partial charge >= 0.3 is 12.5 Å². The molecular formula is C21H19F2N3O5S. The molecule has 1 aliphatic heterocycles. The number of rotatable bonds is 7. The Kier molecular flexibility index (Phi) is 5.83. The fourth-order valence-corrected chi connectivity index (χ4v) is 5.06. The summed E-state index contributed by atoms with van der Waals surface area (Å²) in [5, 5.41) is 0. The van der Waals surface area contributed by atoms with Crippen molar-refractivity contribution >= 4 is 21.7 Å². The number of anilines is 1. The molecule has 0 N–H and O–H groups in total. The summed E-state index contributed by atoms with van der Waals surface area (Å²) in [6, 6.07) is 11.1. The zero-order valence-corrected chi connectivity index (χ0v) is 17.8. The number of hydrogen-bond acceptors (Lipinski definition) is 6. The van der Waals surface area contributed by atoms with Gasteiger partial charge in [-0.25, -0.2) is 18.2 Å². The zero-order chi connectivity index (χ0) is 22.9. The van der Waals surface area contributed by atoms with Gasteiger partial charge in [0.2, 0.25) is 0 Å². The van der Waals surface area contributed by atoms with Crippen LogP contribution in [0.1, 0.15) is 28.3 Å². The van der Waals surface area contributed by atoms with Gasteiger partial charge in [0.15, 0.2) is 5.82 Å². The molecule has 2 aromatic carbocycles. The zero-order valence-electron chi connectivity index (χ0n) is 16.9. The lowest BCUT2D eigenvalue weighted by molar-refractivity contribution is 0.0373. The first-order chi connectivity index (χ1) is 15.3. The Bertz CT molecular complexity index is 1260. The highest BCUT2D eigenvalue weighted by molar-refractivity contribution is 7.92. The van der Waals surface area contributed by atoms with Crippen LogP contribution < -0.4 is 9.04 Å². The number of sulfonamides is 1. The van der Waals surface area contributed by atoms with Crippen molar-refractivity contribution in [3.8, 4) is 5.75 Å². The highest BCUT2D eigenvalue weighted by Crippen LogP contribution is 2.34. The Balaban J connectivity index is 1.61. The maximum absolute atomic E-state index is 13.3. The number of benzene rings is 2. The number of esters is 1. The Morgan fingerprint density at radius 1 is 1.22 bits per heavy atom. The van der Waals surface area contributed by atoms with E-state index in [9.17, 15) is 22.0 Å². The minimum Gasteiger partial charge on any atom is -0.496 e. The Morgan fingerprint density at radius 3 is 2.75 bits per heavy atom. The summed E-state index contributed by atoms with van der Waals surface area (Å²) in [4.78, 5) is 16.3. The Labute approximate surface area is 183 Å². The van der Waals surface area contributed by atoms with Gasteiger partial charge in [0.1, 0.15) is 17.9 Å². The molecule has 0 saturated carbocycles. The Morgan fingerprint density at radius 2 is 2.00 bits per heavy atom. The number of ether oxygens (including phenoxy) is 2. The molecular weight excluding hydrogens is 444 g/mol. The Hall–Kier alpha value is -3.47. The van der Waals surface area contributed by atoms with E-state index in [0.717, 1.165) is 24.0 Å². The lowest BCUT2D eigenvalue weighted by Gasteiger charge is -2.20. The SMILES string of the molecule is COc1ccc(S(=O)(=O)N2CCc3ccccc32)cc1C(=O)OCc1nccn1C(F)F. The number of para-hydroxylation sites is 1. The summed E-state index contributed by atoms with van der Waals surface area (Å²) in [7, 11) is -2.63. The number of methoxy groups -OCH3 is 1. The van der Waals surface area contributed by atoms with Crippen LogP contribution in [0.5, 0.6) is 5.75 Å². The van der Waals surface area contributed by atoms with Crippen LogP contribution in [0.4, 0.5) is 14.5 Å². The van der Waals surface area contributed by atoms with Crippen molar-refractivity contribution in [3.63, 3.8) is 0 Å². The fourth-order valence-electron chi connectivity index (χ4n) is 3.53. The first-order valence-electron chi connectivity index (χ1n) is 9.58. The highest BCUT2D eigenvalue weighted by Gasteiger charge is 2.32. The molecule has 1 aliphatic rings. The molecule has 0 radical (unpaired) electrons. The van der Waals surface area contributed by atoms with Gasteiger partial charge in [0.25, 0.3) is 10.0 Å². The van der Waals surface area contributed by atoms with E-state index < -0.39 is 29.1 Å². The highest BCUT2D eigenvalue weighted by atomic mass is 32.2. The molecule has 4 rings (SSSR count). The van der Waals surface area contributed by atoms with Crippen LogP contribution in [0.3, 0.4) is 0 Å². The number of alkyl halides is 2. The monoisotopic (exact) mass is 463 g/mol. The lowest BCUT2D eigenvalue weighted by atomic mass is 10.2. The quantitative estimate of drug-likeness (QED) is 0.499. The van der Waals surface area contributed by atoms with Gasteiger partial charge in [-0.1, -0.05) is 18.2 Å². The van der Waals surface area contributed by atoms with Crippen LogP contribution in [0.25, 0.3) is 0 Å². The van der Waals surface area contributed by atoms with Crippen LogP contribution in [0, 0.1) is 0 Å². The number of imidazole rings is 1. The van der Waals surface area contributed by atoms with Gasteiger partial charge in [-0.2, -0.15) is 8.78 Å². The predicted molar refractivity (Wildman–Crippen MR) is 110 cm³/mol. The average molecular weight is 463 g/mol. The van der Waals surface area contributed by atoms with E-state index in [1.54, 1.807) is 12.1 Å². The molecule has 8 nitrogen and oxygen atoms in total. The van der Waals surface area contributed by atoms with Gasteiger partial charge < -0.3 is 9.47 Å². The molecule has 1 aromatic heterocycles. The molecule has 0 saturated heterocycles. The van der Waals surface area contributed by atoms with Crippen molar-refractivity contribution < 1.29 is 31.5 Å². The molecule has 0 fully saturated rings. The number of fused-ring (bicyclic) bond motifs is 1. The van der Waals surface area contributed by atoms with Crippen molar-refractivity contribution in [2.45, 2.75) is 24.5 Å². The summed E-state index contributed by atoms with van der Waals surface area (Å²) >= 11 is 0. The molecule has 11 heteroatoms. The van der Waals surface area contributed by atoms with E-state index in [0.29, 0.717) is 16.7 Å². The smallest absolute Gasteiger partial charge is 0.342 e. The molecule has 2 heterocycles. The number of carbonyl (C=O) groups is 1. The summed E-state index contributed by atoms with van der Waals surface area (Å²) in [5.41, 5.74) is 1.36. The van der Waals surface area contributed by atoms with Gasteiger partial charge in [0, 0.05) is 18.9 Å². The largest absolute Gasteiger partial charge is 0.496 e. The third-order valence-electron chi connectivity index (χ3n) is 5.11. The standard InChI is InChI=1S/C21H19F2N3O5S/c1-30-18-7-6-15(32(28,29)26-10-8-14-4-2-3-5-17(14)26)12-16(18)20(27)31-13-19-24-9-11-25(19)21(22)23/h2-7,9,11-12,21H,8,10,13H2,1H3. The van der Waals surface area contributed by atoms with Crippen molar-refractivity contribution in [3.05, 3.63) is 71.8 Å². The molecule has 0 spiro atoms. The van der Waals surface area contributed by atoms with Crippen molar-refractivity contribution in [1.82, 2.24) is 9.55 Å². The number of hydrogen-bond donors (Lipinski definition) is 0. The molecule has 0 unspecified atom stereocenters. The van der Waals surface area contributed by atoms with Crippen molar-refractivity contribution in [2.24, 2.45) is 0 Å². The fraction of sp³-hybridized carbons (Fsp3) is 0.238. The third-order valence-corrected chi connectivity index (χ3v) is 6.92. The number of aromatic nitrogens is 2. The summed E-state index contributed by atoms with van der Waals surface area (Å²) in [6.45, 7) is -3.07. The molecule has 168 valence electrons. The maximum atomic E-state index is 13.3. The molecule has 0 amide bonds. The number of carbonyl (C=O) groups excluding carboxylic acids is 1. The van der Waals surface area contributed by atoms with Gasteiger partial charge in [0.05, 0.1) is 17.7 Å². The summed E-state index contributed by atoms with van der Waals surface area (Å²) < 4.78 is 64.6. The van der Waals surface area contributed by atoms with Gasteiger partial charge in [-0.05, 0) is 36.2 Å². The van der Waals surface area contributed by atoms with Gasteiger partial charge in [-0.3, -0.25) is 8.87 Å². The average Bonchev–Trinajstić information content (AvgIpc) is 3.44. The van der Waals surface area contributed by atoms with Crippen LogP contribution in [0.2, 0.25) is 0 Å². The molecule has 32 heavy (non-hydrogen) atoms. The topological polar surface area (TPSA) is 90.7 Å². The predicted octanol–water partition coefficient (Wildman–Crippen LogP) is 3.40. The lowest BCUT2D eigenvalue weighted by Crippen LogP contribution is -2.29. The van der Waals surface area contributed by atoms with E-state index in [4.69, 9.17) is 9.47 Å². The van der Waals surface area contributed by atoms with Crippen LogP contribution in [0.15, 0.2) is 59.8 Å². The summed E-state index contributed by atoms with van der Waals surface area (Å²) in [6.07, 6.45) is 2.81. The van der Waals surface area contributed by atoms with Crippen LogP contribution >= 0.6 is 0 Å². The van der Waals surface area contributed by atoms with E-state index in [-0.39, 0.29) is 28.6 Å². The minimum absolute atomic E-state index is 0.0907. The third kappa shape index (κ3) is 3.91. The first kappa shape index (κ1) is 21.8.